The number of fused-ring (bicyclic) bond motifs is 1. The van der Waals surface area contributed by atoms with Gasteiger partial charge in [0, 0.05) is 38.1 Å². The monoisotopic (exact) mass is 382 g/mol. The highest BCUT2D eigenvalue weighted by Gasteiger charge is 2.18. The van der Waals surface area contributed by atoms with E-state index in [1.165, 1.54) is 35.3 Å². The first kappa shape index (κ1) is 16.8. The smallest absolute Gasteiger partial charge is 0.261 e. The third-order valence-electron chi connectivity index (χ3n) is 3.48. The fourth-order valence-electron chi connectivity index (χ4n) is 2.31. The second-order valence-corrected chi connectivity index (χ2v) is 6.69. The topological polar surface area (TPSA) is 76.0 Å². The number of hydrogen-bond acceptors (Lipinski definition) is 5. The van der Waals surface area contributed by atoms with Gasteiger partial charge in [0.15, 0.2) is 0 Å². The van der Waals surface area contributed by atoms with Gasteiger partial charge >= 0.3 is 0 Å². The minimum Gasteiger partial charge on any atom is -0.355 e. The molecule has 124 valence electrons. The van der Waals surface area contributed by atoms with Gasteiger partial charge in [0.05, 0.1) is 37.1 Å². The van der Waals surface area contributed by atoms with Gasteiger partial charge in [-0.2, -0.15) is 0 Å². The Bertz CT molecular complexity index is 1010. The number of nitrogens with one attached hydrogen (secondary N) is 2. The highest BCUT2D eigenvalue weighted by Crippen LogP contribution is 2.36. The highest BCUT2D eigenvalue weighted by atomic mass is 35.5. The zero-order valence-electron chi connectivity index (χ0n) is 12.7. The van der Waals surface area contributed by atoms with Crippen LogP contribution in [0.3, 0.4) is 0 Å². The number of hydrogen-bond donors (Lipinski definition) is 2. The lowest BCUT2D eigenvalue weighted by molar-refractivity contribution is 0.0963. The summed E-state index contributed by atoms with van der Waals surface area (Å²) in [5, 5.41) is 8.59. The second kappa shape index (κ2) is 6.43. The molecule has 0 unspecified atom stereocenters. The standard InChI is InChI=1S/C15H12Cl2N4O2S/c1-18-14(22)7-3-19-4-8(16)12(7)20-10-6-24-13-9(17)5-21(2)15(23)11(10)13/h3-6H,1-2H3,(H,18,22)(H,19,20). The Morgan fingerprint density at radius 1 is 1.29 bits per heavy atom. The third kappa shape index (κ3) is 2.75. The van der Waals surface area contributed by atoms with Crippen molar-refractivity contribution in [2.45, 2.75) is 0 Å². The number of thiophene rings is 1. The van der Waals surface area contributed by atoms with Crippen molar-refractivity contribution >= 4 is 61.9 Å². The lowest BCUT2D eigenvalue weighted by Crippen LogP contribution is -2.20. The normalized spacial score (nSPS) is 10.8. The van der Waals surface area contributed by atoms with Crippen LogP contribution in [-0.4, -0.2) is 22.5 Å². The van der Waals surface area contributed by atoms with E-state index in [0.29, 0.717) is 26.5 Å². The Hall–Kier alpha value is -2.09. The molecule has 3 aromatic rings. The maximum atomic E-state index is 12.5. The van der Waals surface area contributed by atoms with Crippen LogP contribution in [0, 0.1) is 0 Å². The Morgan fingerprint density at radius 2 is 2.04 bits per heavy atom. The summed E-state index contributed by atoms with van der Waals surface area (Å²) in [5.41, 5.74) is 1.01. The van der Waals surface area contributed by atoms with Gasteiger partial charge in [-0.15, -0.1) is 11.3 Å². The van der Waals surface area contributed by atoms with Crippen LogP contribution in [-0.2, 0) is 7.05 Å². The molecule has 0 aromatic carbocycles. The van der Waals surface area contributed by atoms with E-state index in [4.69, 9.17) is 23.2 Å². The lowest BCUT2D eigenvalue weighted by Gasteiger charge is -2.12. The van der Waals surface area contributed by atoms with Gasteiger partial charge in [-0.1, -0.05) is 23.2 Å². The Morgan fingerprint density at radius 3 is 2.75 bits per heavy atom. The SMILES string of the molecule is CNC(=O)c1cncc(Cl)c1Nc1csc2c(Cl)cn(C)c(=O)c12. The minimum absolute atomic E-state index is 0.190. The molecule has 0 aliphatic heterocycles. The summed E-state index contributed by atoms with van der Waals surface area (Å²) < 4.78 is 2.09. The summed E-state index contributed by atoms with van der Waals surface area (Å²) in [5.74, 6) is -0.335. The fourth-order valence-corrected chi connectivity index (χ4v) is 3.78. The average Bonchev–Trinajstić information content (AvgIpc) is 2.98. The molecule has 3 heterocycles. The van der Waals surface area contributed by atoms with Gasteiger partial charge in [-0.25, -0.2) is 0 Å². The first-order valence-corrected chi connectivity index (χ1v) is 8.46. The molecule has 6 nitrogen and oxygen atoms in total. The van der Waals surface area contributed by atoms with Crippen LogP contribution in [0.25, 0.3) is 10.1 Å². The molecule has 0 saturated heterocycles. The molecule has 0 atom stereocenters. The molecule has 9 heteroatoms. The van der Waals surface area contributed by atoms with Crippen molar-refractivity contribution in [3.05, 3.63) is 49.9 Å². The molecule has 0 fully saturated rings. The number of aromatic nitrogens is 2. The molecule has 3 aromatic heterocycles. The number of carbonyl (C=O) groups excluding carboxylic acids is 1. The summed E-state index contributed by atoms with van der Waals surface area (Å²) in [7, 11) is 3.15. The van der Waals surface area contributed by atoms with Crippen molar-refractivity contribution in [1.82, 2.24) is 14.9 Å². The number of amides is 1. The van der Waals surface area contributed by atoms with E-state index in [1.54, 1.807) is 18.6 Å². The second-order valence-electron chi connectivity index (χ2n) is 4.99. The third-order valence-corrected chi connectivity index (χ3v) is 5.18. The molecule has 0 saturated carbocycles. The van der Waals surface area contributed by atoms with Crippen molar-refractivity contribution in [3.63, 3.8) is 0 Å². The van der Waals surface area contributed by atoms with Crippen LogP contribution in [0.4, 0.5) is 11.4 Å². The lowest BCUT2D eigenvalue weighted by atomic mass is 10.2. The number of carbonyl (C=O) groups is 1. The molecular formula is C15H12Cl2N4O2S. The van der Waals surface area contributed by atoms with Crippen molar-refractivity contribution in [3.8, 4) is 0 Å². The number of aryl methyl sites for hydroxylation is 1. The summed E-state index contributed by atoms with van der Waals surface area (Å²) in [4.78, 5) is 28.4. The van der Waals surface area contributed by atoms with Crippen molar-refractivity contribution in [2.75, 3.05) is 12.4 Å². The Balaban J connectivity index is 2.19. The van der Waals surface area contributed by atoms with E-state index in [9.17, 15) is 9.59 Å². The number of pyridine rings is 2. The van der Waals surface area contributed by atoms with Gasteiger partial charge < -0.3 is 15.2 Å². The molecule has 2 N–H and O–H groups in total. The highest BCUT2D eigenvalue weighted by molar-refractivity contribution is 7.18. The van der Waals surface area contributed by atoms with Gasteiger partial charge in [-0.05, 0) is 0 Å². The van der Waals surface area contributed by atoms with Crippen LogP contribution in [0.2, 0.25) is 10.0 Å². The zero-order chi connectivity index (χ0) is 17.4. The van der Waals surface area contributed by atoms with Gasteiger partial charge in [0.2, 0.25) is 0 Å². The quantitative estimate of drug-likeness (QED) is 0.727. The Kier molecular flexibility index (Phi) is 4.49. The molecule has 0 aliphatic carbocycles. The average molecular weight is 383 g/mol. The van der Waals surface area contributed by atoms with Gasteiger partial charge in [0.25, 0.3) is 11.5 Å². The largest absolute Gasteiger partial charge is 0.355 e. The zero-order valence-corrected chi connectivity index (χ0v) is 15.0. The van der Waals surface area contributed by atoms with Crippen LogP contribution in [0.1, 0.15) is 10.4 Å². The predicted molar refractivity (Wildman–Crippen MR) is 98.0 cm³/mol. The molecule has 0 bridgehead atoms. The van der Waals surface area contributed by atoms with Crippen molar-refractivity contribution in [1.29, 1.82) is 0 Å². The van der Waals surface area contributed by atoms with Gasteiger partial charge in [0.1, 0.15) is 0 Å². The number of anilines is 2. The van der Waals surface area contributed by atoms with E-state index in [2.05, 4.69) is 15.6 Å². The molecular weight excluding hydrogens is 371 g/mol. The summed E-state index contributed by atoms with van der Waals surface area (Å²) >= 11 is 13.7. The molecule has 3 rings (SSSR count). The van der Waals surface area contributed by atoms with Gasteiger partial charge in [-0.3, -0.25) is 14.6 Å². The molecule has 1 amide bonds. The number of rotatable bonds is 3. The van der Waals surface area contributed by atoms with E-state index >= 15 is 0 Å². The van der Waals surface area contributed by atoms with Crippen LogP contribution in [0.5, 0.6) is 0 Å². The first-order chi connectivity index (χ1) is 11.4. The van der Waals surface area contributed by atoms with E-state index < -0.39 is 0 Å². The fraction of sp³-hybridized carbons (Fsp3) is 0.133. The molecule has 0 radical (unpaired) electrons. The van der Waals surface area contributed by atoms with E-state index in [1.807, 2.05) is 0 Å². The minimum atomic E-state index is -0.335. The van der Waals surface area contributed by atoms with Crippen LogP contribution >= 0.6 is 34.5 Å². The van der Waals surface area contributed by atoms with E-state index in [-0.39, 0.29) is 22.1 Å². The number of halogens is 2. The first-order valence-electron chi connectivity index (χ1n) is 6.83. The summed E-state index contributed by atoms with van der Waals surface area (Å²) in [6.07, 6.45) is 4.41. The van der Waals surface area contributed by atoms with Crippen LogP contribution < -0.4 is 16.2 Å². The maximum absolute atomic E-state index is 12.5. The predicted octanol–water partition coefficient (Wildman–Crippen LogP) is 3.41. The molecule has 24 heavy (non-hydrogen) atoms. The Labute approximate surface area is 151 Å². The summed E-state index contributed by atoms with van der Waals surface area (Å²) in [6, 6.07) is 0. The van der Waals surface area contributed by atoms with E-state index in [0.717, 1.165) is 0 Å². The van der Waals surface area contributed by atoms with Crippen LogP contribution in [0.15, 0.2) is 28.8 Å². The molecule has 0 spiro atoms. The summed E-state index contributed by atoms with van der Waals surface area (Å²) in [6.45, 7) is 0. The molecule has 0 aliphatic rings. The van der Waals surface area contributed by atoms with Crippen molar-refractivity contribution in [2.24, 2.45) is 7.05 Å². The number of nitrogens with zero attached hydrogens (tertiary/aromatic N) is 2. The maximum Gasteiger partial charge on any atom is 0.261 e. The van der Waals surface area contributed by atoms with Crippen molar-refractivity contribution < 1.29 is 4.79 Å².